The van der Waals surface area contributed by atoms with Crippen LogP contribution < -0.4 is 0 Å². The van der Waals surface area contributed by atoms with Crippen molar-refractivity contribution in [2.75, 3.05) is 6.54 Å². The normalized spacial score (nSPS) is 18.1. The predicted octanol–water partition coefficient (Wildman–Crippen LogP) is 1.64. The summed E-state index contributed by atoms with van der Waals surface area (Å²) < 4.78 is 0. The summed E-state index contributed by atoms with van der Waals surface area (Å²) in [5, 5.41) is 0. The first-order valence-corrected chi connectivity index (χ1v) is 3.56. The second kappa shape index (κ2) is 2.45. The van der Waals surface area contributed by atoms with Crippen molar-refractivity contribution in [2.24, 2.45) is 4.99 Å². The van der Waals surface area contributed by atoms with Gasteiger partial charge in [-0.3, -0.25) is 4.99 Å². The molecule has 1 aliphatic rings. The van der Waals surface area contributed by atoms with Gasteiger partial charge in [-0.1, -0.05) is 0 Å². The Balaban J connectivity index is 2.60. The Morgan fingerprint density at radius 3 is 2.40 bits per heavy atom. The number of nitrogens with zero attached hydrogens (tertiary/aromatic N) is 2. The van der Waals surface area contributed by atoms with Crippen molar-refractivity contribution in [3.63, 3.8) is 0 Å². The van der Waals surface area contributed by atoms with Crippen LogP contribution in [0.2, 0.25) is 0 Å². The average molecular weight is 138 g/mol. The molecule has 56 valence electrons. The highest BCUT2D eigenvalue weighted by Gasteiger charge is 2.17. The van der Waals surface area contributed by atoms with Gasteiger partial charge in [0.1, 0.15) is 0 Å². The second-order valence-corrected chi connectivity index (χ2v) is 3.45. The Labute approximate surface area is 62.3 Å². The topological polar surface area (TPSA) is 15.6 Å². The van der Waals surface area contributed by atoms with Crippen LogP contribution in [0.3, 0.4) is 0 Å². The maximum Gasteiger partial charge on any atom is 0.0532 e. The van der Waals surface area contributed by atoms with Crippen molar-refractivity contribution in [2.45, 2.75) is 26.3 Å². The molecule has 0 fully saturated rings. The summed E-state index contributed by atoms with van der Waals surface area (Å²) in [6.45, 7) is 7.50. The van der Waals surface area contributed by atoms with E-state index >= 15 is 0 Å². The van der Waals surface area contributed by atoms with Crippen molar-refractivity contribution in [1.82, 2.24) is 4.90 Å². The molecule has 0 aromatic heterocycles. The highest BCUT2D eigenvalue weighted by Crippen LogP contribution is 2.13. The van der Waals surface area contributed by atoms with Gasteiger partial charge in [-0.15, -0.1) is 0 Å². The van der Waals surface area contributed by atoms with Crippen molar-refractivity contribution >= 4 is 6.21 Å². The molecule has 1 aliphatic heterocycles. The van der Waals surface area contributed by atoms with Crippen LogP contribution in [0.1, 0.15) is 20.8 Å². The minimum atomic E-state index is 0.225. The summed E-state index contributed by atoms with van der Waals surface area (Å²) in [6.07, 6.45) is 5.78. The summed E-state index contributed by atoms with van der Waals surface area (Å²) in [7, 11) is 0. The average Bonchev–Trinajstić information content (AvgIpc) is 1.88. The molecule has 0 unspecified atom stereocenters. The molecular formula is C8H14N2. The van der Waals surface area contributed by atoms with Gasteiger partial charge in [0.15, 0.2) is 0 Å². The van der Waals surface area contributed by atoms with Gasteiger partial charge >= 0.3 is 0 Å². The van der Waals surface area contributed by atoms with E-state index < -0.39 is 0 Å². The molecule has 0 atom stereocenters. The minimum absolute atomic E-state index is 0.225. The van der Waals surface area contributed by atoms with E-state index in [2.05, 4.69) is 30.7 Å². The molecule has 0 spiro atoms. The van der Waals surface area contributed by atoms with Gasteiger partial charge in [0.05, 0.1) is 6.54 Å². The van der Waals surface area contributed by atoms with Crippen LogP contribution in [-0.4, -0.2) is 23.2 Å². The molecule has 1 rings (SSSR count). The molecule has 2 heteroatoms. The zero-order valence-electron chi connectivity index (χ0n) is 6.83. The molecule has 0 saturated carbocycles. The first kappa shape index (κ1) is 7.32. The predicted molar refractivity (Wildman–Crippen MR) is 44.1 cm³/mol. The lowest BCUT2D eigenvalue weighted by atomic mass is 10.1. The third kappa shape index (κ3) is 1.59. The monoisotopic (exact) mass is 138 g/mol. The van der Waals surface area contributed by atoms with Crippen LogP contribution in [0.4, 0.5) is 0 Å². The fraction of sp³-hybridized carbons (Fsp3) is 0.625. The van der Waals surface area contributed by atoms with Gasteiger partial charge in [-0.2, -0.15) is 0 Å². The molecule has 0 bridgehead atoms. The smallest absolute Gasteiger partial charge is 0.0532 e. The zero-order chi connectivity index (χ0) is 7.61. The lowest BCUT2D eigenvalue weighted by molar-refractivity contribution is 0.232. The minimum Gasteiger partial charge on any atom is -0.366 e. The highest BCUT2D eigenvalue weighted by molar-refractivity contribution is 5.61. The van der Waals surface area contributed by atoms with E-state index in [4.69, 9.17) is 0 Å². The van der Waals surface area contributed by atoms with Gasteiger partial charge in [-0.05, 0) is 20.8 Å². The number of hydrogen-bond donors (Lipinski definition) is 0. The lowest BCUT2D eigenvalue weighted by Gasteiger charge is -2.34. The summed E-state index contributed by atoms with van der Waals surface area (Å²) in [5.41, 5.74) is 0.225. The van der Waals surface area contributed by atoms with E-state index in [1.807, 2.05) is 18.6 Å². The summed E-state index contributed by atoms with van der Waals surface area (Å²) in [5.74, 6) is 0. The molecular weight excluding hydrogens is 124 g/mol. The number of aliphatic imine (C=N–C) groups is 1. The second-order valence-electron chi connectivity index (χ2n) is 3.45. The number of hydrogen-bond acceptors (Lipinski definition) is 2. The largest absolute Gasteiger partial charge is 0.366 e. The fourth-order valence-electron chi connectivity index (χ4n) is 0.873. The van der Waals surface area contributed by atoms with Crippen molar-refractivity contribution in [3.05, 3.63) is 12.4 Å². The Morgan fingerprint density at radius 2 is 2.10 bits per heavy atom. The molecule has 0 aliphatic carbocycles. The Bertz CT molecular complexity index is 163. The van der Waals surface area contributed by atoms with E-state index in [1.54, 1.807) is 0 Å². The standard InChI is InChI=1S/C8H14N2/c1-8(2,3)10-6-4-9-5-7-10/h4-6H,7H2,1-3H3. The van der Waals surface area contributed by atoms with Crippen LogP contribution in [0.5, 0.6) is 0 Å². The Kier molecular flexibility index (Phi) is 1.79. The van der Waals surface area contributed by atoms with Crippen LogP contribution >= 0.6 is 0 Å². The van der Waals surface area contributed by atoms with Gasteiger partial charge < -0.3 is 4.90 Å². The molecule has 0 N–H and O–H groups in total. The maximum absolute atomic E-state index is 3.99. The van der Waals surface area contributed by atoms with Crippen LogP contribution in [0.25, 0.3) is 0 Å². The third-order valence-corrected chi connectivity index (χ3v) is 1.58. The molecule has 0 aromatic carbocycles. The SMILES string of the molecule is CC(C)(C)N1C=CN=CC1. The van der Waals surface area contributed by atoms with Crippen LogP contribution in [0.15, 0.2) is 17.4 Å². The molecule has 1 heterocycles. The molecule has 0 amide bonds. The van der Waals surface area contributed by atoms with E-state index in [1.165, 1.54) is 0 Å². The molecule has 0 radical (unpaired) electrons. The van der Waals surface area contributed by atoms with Crippen molar-refractivity contribution < 1.29 is 0 Å². The number of rotatable bonds is 0. The van der Waals surface area contributed by atoms with Gasteiger partial charge in [0, 0.05) is 24.2 Å². The van der Waals surface area contributed by atoms with Crippen LogP contribution in [0, 0.1) is 0 Å². The summed E-state index contributed by atoms with van der Waals surface area (Å²) in [6, 6.07) is 0. The molecule has 2 nitrogen and oxygen atoms in total. The fourth-order valence-corrected chi connectivity index (χ4v) is 0.873. The first-order chi connectivity index (χ1) is 4.61. The van der Waals surface area contributed by atoms with Crippen molar-refractivity contribution in [3.8, 4) is 0 Å². The third-order valence-electron chi connectivity index (χ3n) is 1.58. The first-order valence-electron chi connectivity index (χ1n) is 3.56. The van der Waals surface area contributed by atoms with Crippen molar-refractivity contribution in [1.29, 1.82) is 0 Å². The van der Waals surface area contributed by atoms with Gasteiger partial charge in [0.25, 0.3) is 0 Å². The maximum atomic E-state index is 3.99. The molecule has 0 saturated heterocycles. The highest BCUT2D eigenvalue weighted by atomic mass is 15.2. The summed E-state index contributed by atoms with van der Waals surface area (Å²) >= 11 is 0. The van der Waals surface area contributed by atoms with E-state index in [-0.39, 0.29) is 5.54 Å². The Morgan fingerprint density at radius 1 is 1.40 bits per heavy atom. The van der Waals surface area contributed by atoms with E-state index in [0.29, 0.717) is 0 Å². The Hall–Kier alpha value is -0.790. The lowest BCUT2D eigenvalue weighted by Crippen LogP contribution is -2.39. The van der Waals surface area contributed by atoms with Gasteiger partial charge in [-0.25, -0.2) is 0 Å². The molecule has 10 heavy (non-hydrogen) atoms. The summed E-state index contributed by atoms with van der Waals surface area (Å²) in [4.78, 5) is 6.24. The van der Waals surface area contributed by atoms with E-state index in [0.717, 1.165) is 6.54 Å². The van der Waals surface area contributed by atoms with E-state index in [9.17, 15) is 0 Å². The van der Waals surface area contributed by atoms with Gasteiger partial charge in [0.2, 0.25) is 0 Å². The zero-order valence-corrected chi connectivity index (χ0v) is 6.83. The molecule has 0 aromatic rings. The van der Waals surface area contributed by atoms with Crippen LogP contribution in [-0.2, 0) is 0 Å². The quantitative estimate of drug-likeness (QED) is 0.497.